The number of rotatable bonds is 13. The molecule has 11 nitrogen and oxygen atoms in total. The minimum atomic E-state index is -1.13. The number of esters is 1. The number of amides is 2. The number of nitrogens with zero attached hydrogens (tertiary/aromatic N) is 1. The van der Waals surface area contributed by atoms with Gasteiger partial charge in [-0.05, 0) is 111 Å². The number of allylic oxidation sites excluding steroid dienone is 1. The molecular weight excluding hydrogens is 842 g/mol. The summed E-state index contributed by atoms with van der Waals surface area (Å²) in [7, 11) is 1.28. The molecule has 4 aromatic rings. The van der Waals surface area contributed by atoms with Gasteiger partial charge in [0.15, 0.2) is 17.7 Å². The lowest BCUT2D eigenvalue weighted by atomic mass is 9.95. The minimum absolute atomic E-state index is 0.136. The smallest absolute Gasteiger partial charge is 0.337 e. The summed E-state index contributed by atoms with van der Waals surface area (Å²) in [6, 6.07) is 22.2. The standard InChI is InChI=1S/C35H34I2N4O7/c1-4-46-29-16-23(32-31(34(43)45-3)20(2)39-35(44)40-32)12-13-28(29)47-19-30(42)41-38-17-21-14-26(36)33(27(37)15-21)48-18-24-10-7-9-22-8-5-6-11-25(22)24/h5-17,30,32,41-42H,4,18-19H2,1-3H3,(H2,39,40,44)/b38-17-/t30-,32+/m1/s1. The van der Waals surface area contributed by atoms with Crippen molar-refractivity contribution in [3.8, 4) is 17.2 Å². The van der Waals surface area contributed by atoms with Crippen LogP contribution in [0.5, 0.6) is 17.2 Å². The van der Waals surface area contributed by atoms with E-state index >= 15 is 0 Å². The van der Waals surface area contributed by atoms with E-state index < -0.39 is 24.3 Å². The first-order valence-corrected chi connectivity index (χ1v) is 17.2. The number of carbonyl (C=O) groups excluding carboxylic acids is 2. The average Bonchev–Trinajstić information content (AvgIpc) is 3.07. The second-order valence-electron chi connectivity index (χ2n) is 10.7. The summed E-state index contributed by atoms with van der Waals surface area (Å²) >= 11 is 4.50. The lowest BCUT2D eigenvalue weighted by Gasteiger charge is -2.28. The summed E-state index contributed by atoms with van der Waals surface area (Å²) in [6.45, 7) is 4.11. The van der Waals surface area contributed by atoms with Crippen LogP contribution in [-0.2, 0) is 16.1 Å². The molecule has 0 unspecified atom stereocenters. The molecule has 250 valence electrons. The fourth-order valence-corrected chi connectivity index (χ4v) is 7.31. The van der Waals surface area contributed by atoms with E-state index in [9.17, 15) is 14.7 Å². The molecule has 5 rings (SSSR count). The number of carbonyl (C=O) groups is 2. The monoisotopic (exact) mass is 876 g/mol. The van der Waals surface area contributed by atoms with Crippen LogP contribution in [0.2, 0.25) is 0 Å². The van der Waals surface area contributed by atoms with Crippen molar-refractivity contribution >= 4 is 74.2 Å². The topological polar surface area (TPSA) is 140 Å². The number of methoxy groups -OCH3 is 1. The van der Waals surface area contributed by atoms with E-state index in [1.807, 2.05) is 37.3 Å². The second kappa shape index (κ2) is 16.3. The number of hydrazone groups is 1. The van der Waals surface area contributed by atoms with Gasteiger partial charge in [0, 0.05) is 5.70 Å². The van der Waals surface area contributed by atoms with E-state index in [0.29, 0.717) is 36.0 Å². The number of fused-ring (bicyclic) bond motifs is 1. The van der Waals surface area contributed by atoms with Crippen molar-refractivity contribution in [2.45, 2.75) is 32.7 Å². The van der Waals surface area contributed by atoms with E-state index in [4.69, 9.17) is 18.9 Å². The molecule has 0 saturated heterocycles. The third kappa shape index (κ3) is 8.49. The summed E-state index contributed by atoms with van der Waals surface area (Å²) in [5, 5.41) is 22.4. The average molecular weight is 876 g/mol. The molecule has 1 aliphatic heterocycles. The molecule has 0 aliphatic carbocycles. The van der Waals surface area contributed by atoms with Gasteiger partial charge in [-0.1, -0.05) is 48.5 Å². The second-order valence-corrected chi connectivity index (χ2v) is 13.0. The van der Waals surface area contributed by atoms with E-state index in [1.54, 1.807) is 31.3 Å². The molecular formula is C35H34I2N4O7. The number of hydrogen-bond acceptors (Lipinski definition) is 9. The van der Waals surface area contributed by atoms with Crippen molar-refractivity contribution in [3.05, 3.63) is 108 Å². The highest BCUT2D eigenvalue weighted by Gasteiger charge is 2.32. The van der Waals surface area contributed by atoms with Gasteiger partial charge in [-0.2, -0.15) is 5.10 Å². The maximum absolute atomic E-state index is 12.5. The Morgan fingerprint density at radius 2 is 1.77 bits per heavy atom. The van der Waals surface area contributed by atoms with Crippen LogP contribution in [0.1, 0.15) is 36.6 Å². The van der Waals surface area contributed by atoms with E-state index in [-0.39, 0.29) is 12.2 Å². The van der Waals surface area contributed by atoms with Crippen molar-refractivity contribution in [3.63, 3.8) is 0 Å². The Bertz CT molecular complexity index is 1850. The van der Waals surface area contributed by atoms with Gasteiger partial charge in [0.1, 0.15) is 19.0 Å². The maximum atomic E-state index is 12.5. The molecule has 13 heteroatoms. The number of aliphatic hydroxyl groups is 1. The fourth-order valence-electron chi connectivity index (χ4n) is 5.18. The zero-order valence-electron chi connectivity index (χ0n) is 26.4. The summed E-state index contributed by atoms with van der Waals surface area (Å²) in [6.07, 6.45) is 0.488. The molecule has 48 heavy (non-hydrogen) atoms. The zero-order valence-corrected chi connectivity index (χ0v) is 30.7. The van der Waals surface area contributed by atoms with Gasteiger partial charge < -0.3 is 34.7 Å². The summed E-state index contributed by atoms with van der Waals surface area (Å²) in [4.78, 5) is 24.7. The first-order chi connectivity index (χ1) is 23.2. The van der Waals surface area contributed by atoms with E-state index in [2.05, 4.69) is 90.6 Å². The molecule has 0 fully saturated rings. The zero-order chi connectivity index (χ0) is 34.2. The Morgan fingerprint density at radius 3 is 2.52 bits per heavy atom. The minimum Gasteiger partial charge on any atom is -0.490 e. The molecule has 2 amide bonds. The highest BCUT2D eigenvalue weighted by atomic mass is 127. The third-order valence-electron chi connectivity index (χ3n) is 7.38. The number of nitrogens with one attached hydrogen (secondary N) is 3. The van der Waals surface area contributed by atoms with Crippen molar-refractivity contribution in [1.82, 2.24) is 16.1 Å². The molecule has 0 radical (unpaired) electrons. The summed E-state index contributed by atoms with van der Waals surface area (Å²) in [5.41, 5.74) is 5.89. The summed E-state index contributed by atoms with van der Waals surface area (Å²) in [5.74, 6) is 0.985. The Balaban J connectivity index is 1.19. The van der Waals surface area contributed by atoms with E-state index in [1.165, 1.54) is 17.9 Å². The fraction of sp³-hybridized carbons (Fsp3) is 0.229. The van der Waals surface area contributed by atoms with Crippen LogP contribution >= 0.6 is 45.2 Å². The van der Waals surface area contributed by atoms with Crippen LogP contribution in [0.15, 0.2) is 89.2 Å². The van der Waals surface area contributed by atoms with Crippen LogP contribution < -0.4 is 30.3 Å². The van der Waals surface area contributed by atoms with Crippen LogP contribution in [0.4, 0.5) is 4.79 Å². The van der Waals surface area contributed by atoms with Crippen LogP contribution in [0.3, 0.4) is 0 Å². The van der Waals surface area contributed by atoms with Crippen LogP contribution in [-0.4, -0.2) is 49.9 Å². The Hall–Kier alpha value is -4.09. The molecule has 4 N–H and O–H groups in total. The number of urea groups is 1. The molecule has 4 aromatic carbocycles. The summed E-state index contributed by atoms with van der Waals surface area (Å²) < 4.78 is 24.7. The maximum Gasteiger partial charge on any atom is 0.337 e. The SMILES string of the molecule is CCOc1cc([C@@H]2NC(=O)NC(C)=C2C(=O)OC)ccc1OC[C@@H](O)N/N=C\c1cc(I)c(OCc2cccc3ccccc23)c(I)c1. The number of aliphatic hydroxyl groups excluding tert-OH is 1. The van der Waals surface area contributed by atoms with Gasteiger partial charge in [-0.15, -0.1) is 0 Å². The molecule has 0 spiro atoms. The van der Waals surface area contributed by atoms with Crippen molar-refractivity contribution < 1.29 is 33.6 Å². The number of benzene rings is 4. The lowest BCUT2D eigenvalue weighted by molar-refractivity contribution is -0.136. The van der Waals surface area contributed by atoms with Crippen molar-refractivity contribution in [2.75, 3.05) is 20.3 Å². The molecule has 2 atom stereocenters. The van der Waals surface area contributed by atoms with Gasteiger partial charge in [-0.25, -0.2) is 9.59 Å². The Morgan fingerprint density at radius 1 is 1.02 bits per heavy atom. The number of halogens is 2. The quantitative estimate of drug-likeness (QED) is 0.0413. The lowest BCUT2D eigenvalue weighted by Crippen LogP contribution is -2.45. The predicted molar refractivity (Wildman–Crippen MR) is 199 cm³/mol. The highest BCUT2D eigenvalue weighted by molar-refractivity contribution is 14.1. The van der Waals surface area contributed by atoms with Crippen LogP contribution in [0.25, 0.3) is 10.8 Å². The van der Waals surface area contributed by atoms with Gasteiger partial charge in [0.25, 0.3) is 0 Å². The first-order valence-electron chi connectivity index (χ1n) is 15.0. The van der Waals surface area contributed by atoms with Crippen molar-refractivity contribution in [2.24, 2.45) is 5.10 Å². The largest absolute Gasteiger partial charge is 0.490 e. The van der Waals surface area contributed by atoms with E-state index in [0.717, 1.165) is 24.0 Å². The molecule has 0 saturated carbocycles. The normalized spacial score (nSPS) is 15.1. The molecule has 1 aliphatic rings. The van der Waals surface area contributed by atoms with Gasteiger partial charge >= 0.3 is 12.0 Å². The molecule has 1 heterocycles. The first kappa shape index (κ1) is 35.2. The highest BCUT2D eigenvalue weighted by Crippen LogP contribution is 2.35. The Labute approximate surface area is 305 Å². The van der Waals surface area contributed by atoms with Gasteiger partial charge in [0.05, 0.1) is 38.7 Å². The van der Waals surface area contributed by atoms with Crippen molar-refractivity contribution in [1.29, 1.82) is 0 Å². The molecule has 0 bridgehead atoms. The predicted octanol–water partition coefficient (Wildman–Crippen LogP) is 6.15. The number of ether oxygens (including phenoxy) is 4. The van der Waals surface area contributed by atoms with Gasteiger partial charge in [0.2, 0.25) is 0 Å². The van der Waals surface area contributed by atoms with Crippen LogP contribution in [0, 0.1) is 7.14 Å². The number of hydrogen-bond donors (Lipinski definition) is 4. The Kier molecular flexibility index (Phi) is 12.0. The van der Waals surface area contributed by atoms with Gasteiger partial charge in [-0.3, -0.25) is 5.43 Å². The third-order valence-corrected chi connectivity index (χ3v) is 8.98. The molecule has 0 aromatic heterocycles.